The average Bonchev–Trinajstić information content (AvgIpc) is 2.41. The van der Waals surface area contributed by atoms with Gasteiger partial charge in [-0.3, -0.25) is 4.79 Å². The Hall–Kier alpha value is -1.05. The van der Waals surface area contributed by atoms with Crippen LogP contribution in [-0.4, -0.2) is 46.5 Å². The van der Waals surface area contributed by atoms with Crippen LogP contribution in [0.4, 0.5) is 0 Å². The molecule has 0 aliphatic carbocycles. The van der Waals surface area contributed by atoms with Gasteiger partial charge < -0.3 is 16.0 Å². The number of hydrogen-bond acceptors (Lipinski definition) is 4. The lowest BCUT2D eigenvalue weighted by Gasteiger charge is -2.40. The molecule has 1 saturated heterocycles. The largest absolute Gasteiger partial charge is 0.391 e. The molecule has 5 nitrogen and oxygen atoms in total. The first-order chi connectivity index (χ1) is 9.44. The van der Waals surface area contributed by atoms with Crippen LogP contribution in [0, 0.1) is 0 Å². The van der Waals surface area contributed by atoms with Crippen molar-refractivity contribution in [2.45, 2.75) is 18.4 Å². The first-order valence-corrected chi connectivity index (χ1v) is 7.56. The normalized spacial score (nSPS) is 18.5. The number of amides is 1. The van der Waals surface area contributed by atoms with Crippen molar-refractivity contribution in [1.29, 1.82) is 0 Å². The van der Waals surface area contributed by atoms with Crippen molar-refractivity contribution in [2.75, 3.05) is 20.1 Å². The highest BCUT2D eigenvalue weighted by Gasteiger charge is 2.38. The van der Waals surface area contributed by atoms with Crippen LogP contribution < -0.4 is 11.1 Å². The van der Waals surface area contributed by atoms with Gasteiger partial charge in [-0.05, 0) is 48.0 Å². The molecule has 0 saturated carbocycles. The summed E-state index contributed by atoms with van der Waals surface area (Å²) in [7, 11) is 2.04. The standard InChI is InChI=1S/C13H17BrN4OS/c1-18-7-4-13(5-8-18,12(15)20)17-11(19)10-9(14)3-2-6-16-10/h2-3,6H,4-5,7-8H2,1H3,(H2,15,20)(H,17,19). The number of thiocarbonyl (C=S) groups is 1. The van der Waals surface area contributed by atoms with E-state index in [2.05, 4.69) is 31.1 Å². The van der Waals surface area contributed by atoms with Gasteiger partial charge in [-0.15, -0.1) is 0 Å². The van der Waals surface area contributed by atoms with Crippen LogP contribution in [0.15, 0.2) is 22.8 Å². The van der Waals surface area contributed by atoms with Crippen molar-refractivity contribution in [3.8, 4) is 0 Å². The van der Waals surface area contributed by atoms with Crippen LogP contribution >= 0.6 is 28.1 Å². The molecule has 0 unspecified atom stereocenters. The third kappa shape index (κ3) is 3.16. The van der Waals surface area contributed by atoms with E-state index in [1.807, 2.05) is 7.05 Å². The quantitative estimate of drug-likeness (QED) is 0.799. The van der Waals surface area contributed by atoms with E-state index in [9.17, 15) is 4.79 Å². The van der Waals surface area contributed by atoms with Gasteiger partial charge in [-0.2, -0.15) is 0 Å². The van der Waals surface area contributed by atoms with Gasteiger partial charge in [0.1, 0.15) is 5.69 Å². The van der Waals surface area contributed by atoms with Crippen molar-refractivity contribution < 1.29 is 4.79 Å². The first kappa shape index (κ1) is 15.3. The monoisotopic (exact) mass is 356 g/mol. The highest BCUT2D eigenvalue weighted by Crippen LogP contribution is 2.23. The van der Waals surface area contributed by atoms with Crippen molar-refractivity contribution in [3.05, 3.63) is 28.5 Å². The third-order valence-corrected chi connectivity index (χ3v) is 4.67. The second-order valence-corrected chi connectivity index (χ2v) is 6.33. The molecule has 1 aromatic heterocycles. The lowest BCUT2D eigenvalue weighted by molar-refractivity contribution is 0.0884. The first-order valence-electron chi connectivity index (χ1n) is 6.36. The van der Waals surface area contributed by atoms with E-state index < -0.39 is 5.54 Å². The predicted molar refractivity (Wildman–Crippen MR) is 85.7 cm³/mol. The minimum atomic E-state index is -0.615. The molecular weight excluding hydrogens is 340 g/mol. The number of nitrogens with one attached hydrogen (secondary N) is 1. The minimum absolute atomic E-state index is 0.255. The Balaban J connectivity index is 2.19. The van der Waals surface area contributed by atoms with E-state index in [0.29, 0.717) is 15.2 Å². The minimum Gasteiger partial charge on any atom is -0.391 e. The van der Waals surface area contributed by atoms with Gasteiger partial charge in [0, 0.05) is 23.8 Å². The fraction of sp³-hybridized carbons (Fsp3) is 0.462. The van der Waals surface area contributed by atoms with Gasteiger partial charge in [0.25, 0.3) is 5.91 Å². The van der Waals surface area contributed by atoms with Crippen molar-refractivity contribution in [2.24, 2.45) is 5.73 Å². The molecule has 0 radical (unpaired) electrons. The average molecular weight is 357 g/mol. The highest BCUT2D eigenvalue weighted by atomic mass is 79.9. The fourth-order valence-corrected chi connectivity index (χ4v) is 2.95. The fourth-order valence-electron chi connectivity index (χ4n) is 2.26. The molecule has 0 atom stereocenters. The van der Waals surface area contributed by atoms with Gasteiger partial charge in [0.05, 0.1) is 10.5 Å². The van der Waals surface area contributed by atoms with E-state index in [-0.39, 0.29) is 5.91 Å². The molecule has 1 aromatic rings. The molecule has 20 heavy (non-hydrogen) atoms. The summed E-state index contributed by atoms with van der Waals surface area (Å²) in [4.78, 5) is 19.0. The highest BCUT2D eigenvalue weighted by molar-refractivity contribution is 9.10. The van der Waals surface area contributed by atoms with E-state index in [1.54, 1.807) is 18.3 Å². The summed E-state index contributed by atoms with van der Waals surface area (Å²) in [6.45, 7) is 1.70. The Morgan fingerprint density at radius 3 is 2.75 bits per heavy atom. The lowest BCUT2D eigenvalue weighted by Crippen LogP contribution is -2.61. The van der Waals surface area contributed by atoms with Crippen molar-refractivity contribution in [1.82, 2.24) is 15.2 Å². The number of rotatable bonds is 3. The van der Waals surface area contributed by atoms with Crippen LogP contribution in [-0.2, 0) is 0 Å². The van der Waals surface area contributed by atoms with Crippen molar-refractivity contribution >= 4 is 39.0 Å². The van der Waals surface area contributed by atoms with E-state index in [4.69, 9.17) is 18.0 Å². The Bertz CT molecular complexity index is 529. The molecule has 2 rings (SSSR count). The summed E-state index contributed by atoms with van der Waals surface area (Å²) in [5.74, 6) is -0.255. The summed E-state index contributed by atoms with van der Waals surface area (Å²) in [6.07, 6.45) is 3.02. The summed E-state index contributed by atoms with van der Waals surface area (Å²) in [5, 5.41) is 2.99. The smallest absolute Gasteiger partial charge is 0.271 e. The van der Waals surface area contributed by atoms with E-state index in [0.717, 1.165) is 25.9 Å². The Morgan fingerprint density at radius 1 is 1.55 bits per heavy atom. The number of carbonyl (C=O) groups excluding carboxylic acids is 1. The Morgan fingerprint density at radius 2 is 2.20 bits per heavy atom. The number of carbonyl (C=O) groups is 1. The number of pyridine rings is 1. The zero-order valence-corrected chi connectivity index (χ0v) is 13.6. The van der Waals surface area contributed by atoms with Gasteiger partial charge >= 0.3 is 0 Å². The molecule has 2 heterocycles. The third-order valence-electron chi connectivity index (χ3n) is 3.64. The summed E-state index contributed by atoms with van der Waals surface area (Å²) < 4.78 is 0.656. The molecule has 0 bridgehead atoms. The molecule has 1 aliphatic rings. The topological polar surface area (TPSA) is 71.2 Å². The molecular formula is C13H17BrN4OS. The van der Waals surface area contributed by atoms with E-state index in [1.165, 1.54) is 0 Å². The Kier molecular flexibility index (Phi) is 4.72. The maximum atomic E-state index is 12.4. The maximum absolute atomic E-state index is 12.4. The number of piperidine rings is 1. The summed E-state index contributed by atoms with van der Waals surface area (Å²) in [5.41, 5.74) is 5.61. The van der Waals surface area contributed by atoms with Crippen LogP contribution in [0.5, 0.6) is 0 Å². The maximum Gasteiger partial charge on any atom is 0.271 e. The zero-order valence-electron chi connectivity index (χ0n) is 11.2. The number of likely N-dealkylation sites (tertiary alicyclic amines) is 1. The lowest BCUT2D eigenvalue weighted by atomic mass is 9.87. The number of aromatic nitrogens is 1. The van der Waals surface area contributed by atoms with E-state index >= 15 is 0 Å². The second-order valence-electron chi connectivity index (χ2n) is 5.04. The molecule has 7 heteroatoms. The van der Waals surface area contributed by atoms with Crippen molar-refractivity contribution in [3.63, 3.8) is 0 Å². The predicted octanol–water partition coefficient (Wildman–Crippen LogP) is 1.32. The SMILES string of the molecule is CN1CCC(NC(=O)c2ncccc2Br)(C(N)=S)CC1. The molecule has 0 aromatic carbocycles. The van der Waals surface area contributed by atoms with Gasteiger partial charge in [-0.1, -0.05) is 12.2 Å². The molecule has 3 N–H and O–H groups in total. The van der Waals surface area contributed by atoms with Gasteiger partial charge in [-0.25, -0.2) is 4.98 Å². The van der Waals surface area contributed by atoms with Crippen LogP contribution in [0.25, 0.3) is 0 Å². The Labute approximate surface area is 132 Å². The molecule has 1 amide bonds. The summed E-state index contributed by atoms with van der Waals surface area (Å²) in [6, 6.07) is 3.55. The number of hydrogen-bond donors (Lipinski definition) is 2. The second kappa shape index (κ2) is 6.15. The summed E-state index contributed by atoms with van der Waals surface area (Å²) >= 11 is 8.51. The van der Waals surface area contributed by atoms with Crippen LogP contribution in [0.3, 0.4) is 0 Å². The van der Waals surface area contributed by atoms with Gasteiger partial charge in [0.15, 0.2) is 0 Å². The van der Waals surface area contributed by atoms with Crippen LogP contribution in [0.1, 0.15) is 23.3 Å². The molecule has 108 valence electrons. The number of nitrogens with zero attached hydrogens (tertiary/aromatic N) is 2. The molecule has 1 aliphatic heterocycles. The van der Waals surface area contributed by atoms with Gasteiger partial charge in [0.2, 0.25) is 0 Å². The van der Waals surface area contributed by atoms with Crippen LogP contribution in [0.2, 0.25) is 0 Å². The molecule has 1 fully saturated rings. The number of halogens is 1. The number of nitrogens with two attached hydrogens (primary N) is 1. The molecule has 0 spiro atoms. The zero-order chi connectivity index (χ0) is 14.8.